The van der Waals surface area contributed by atoms with Gasteiger partial charge < -0.3 is 24.8 Å². The molecule has 1 aromatic heterocycles. The molecule has 1 fully saturated rings. The van der Waals surface area contributed by atoms with Gasteiger partial charge in [-0.1, -0.05) is 12.0 Å². The number of nitrogens with one attached hydrogen (secondary N) is 2. The van der Waals surface area contributed by atoms with Crippen LogP contribution in [0.4, 0.5) is 24.5 Å². The second-order valence-corrected chi connectivity index (χ2v) is 12.6. The number of sulfone groups is 1. The lowest BCUT2D eigenvalue weighted by molar-refractivity contribution is -0.140. The minimum Gasteiger partial charge on any atom is -0.424 e. The third kappa shape index (κ3) is 7.90. The Morgan fingerprint density at radius 3 is 2.50 bits per heavy atom. The molecule has 0 aliphatic heterocycles. The topological polar surface area (TPSA) is 80.0 Å². The average Bonchev–Trinajstić information content (AvgIpc) is 3.26. The lowest BCUT2D eigenvalue weighted by Crippen LogP contribution is -2.36. The first kappa shape index (κ1) is 31.1. The van der Waals surface area contributed by atoms with Gasteiger partial charge >= 0.3 is 12.9 Å². The van der Waals surface area contributed by atoms with Crippen molar-refractivity contribution in [2.45, 2.75) is 55.4 Å². The number of fused-ring (bicyclic) bond motifs is 1. The van der Waals surface area contributed by atoms with Crippen molar-refractivity contribution >= 4 is 32.1 Å². The molecule has 0 amide bonds. The van der Waals surface area contributed by atoms with E-state index in [9.17, 15) is 21.6 Å². The fourth-order valence-corrected chi connectivity index (χ4v) is 5.83. The van der Waals surface area contributed by atoms with Crippen LogP contribution in [0.5, 0.6) is 5.75 Å². The van der Waals surface area contributed by atoms with Crippen LogP contribution in [0.1, 0.15) is 31.4 Å². The number of halogens is 3. The minimum atomic E-state index is -4.44. The quantitative estimate of drug-likeness (QED) is 0.245. The normalized spacial score (nSPS) is 17.4. The highest BCUT2D eigenvalue weighted by Gasteiger charge is 2.30. The lowest BCUT2D eigenvalue weighted by atomic mass is 9.90. The van der Waals surface area contributed by atoms with Crippen LogP contribution >= 0.6 is 0 Å². The summed E-state index contributed by atoms with van der Waals surface area (Å²) in [6.45, 7) is 5.51. The van der Waals surface area contributed by atoms with Gasteiger partial charge in [0.25, 0.3) is 0 Å². The first-order valence-corrected chi connectivity index (χ1v) is 15.4. The van der Waals surface area contributed by atoms with Crippen LogP contribution in [0.2, 0.25) is 0 Å². The molecule has 1 heterocycles. The number of aromatic nitrogens is 1. The molecule has 0 unspecified atom stereocenters. The van der Waals surface area contributed by atoms with Crippen molar-refractivity contribution < 1.29 is 26.3 Å². The smallest absolute Gasteiger partial charge is 0.406 e. The number of anilines is 2. The molecule has 3 aromatic rings. The standard InChI is InChI=1S/C30H34F3N5O3S/c1-34-20-41-29-18-24(42(4,39)40)14-15-27(29)35-16-6-7-23-17-25-26(36-21-10-12-22(13-11-21)37(2)3)8-5-9-28(25)38(23)19-30(31,32)33/h5,8-9,14-15,17-18,21-22,35-36H,10-13,16,19-20H2,2-4H3. The molecule has 0 bridgehead atoms. The summed E-state index contributed by atoms with van der Waals surface area (Å²) in [5.74, 6) is 5.91. The van der Waals surface area contributed by atoms with Crippen molar-refractivity contribution in [3.8, 4) is 17.6 Å². The summed E-state index contributed by atoms with van der Waals surface area (Å²) in [5.41, 5.74) is 1.87. The van der Waals surface area contributed by atoms with Gasteiger partial charge in [-0.2, -0.15) is 13.2 Å². The van der Waals surface area contributed by atoms with E-state index in [2.05, 4.69) is 46.3 Å². The maximum absolute atomic E-state index is 13.6. The molecule has 1 saturated carbocycles. The lowest BCUT2D eigenvalue weighted by Gasteiger charge is -2.33. The van der Waals surface area contributed by atoms with E-state index in [1.165, 1.54) is 22.8 Å². The van der Waals surface area contributed by atoms with Gasteiger partial charge in [0.1, 0.15) is 6.54 Å². The van der Waals surface area contributed by atoms with Crippen molar-refractivity contribution in [2.24, 2.45) is 0 Å². The van der Waals surface area contributed by atoms with Gasteiger partial charge in [-0.3, -0.25) is 4.85 Å². The van der Waals surface area contributed by atoms with E-state index in [-0.39, 0.29) is 35.7 Å². The number of hydrogen-bond acceptors (Lipinski definition) is 6. The average molecular weight is 602 g/mol. The predicted molar refractivity (Wildman–Crippen MR) is 158 cm³/mol. The fourth-order valence-electron chi connectivity index (χ4n) is 5.19. The summed E-state index contributed by atoms with van der Waals surface area (Å²) < 4.78 is 71.2. The molecule has 4 rings (SSSR count). The van der Waals surface area contributed by atoms with Gasteiger partial charge in [0.2, 0.25) is 0 Å². The molecule has 1 aliphatic carbocycles. The number of alkyl halides is 3. The third-order valence-corrected chi connectivity index (χ3v) is 8.43. The Morgan fingerprint density at radius 2 is 1.86 bits per heavy atom. The Kier molecular flexibility index (Phi) is 9.60. The van der Waals surface area contributed by atoms with E-state index in [1.54, 1.807) is 18.2 Å². The van der Waals surface area contributed by atoms with Gasteiger partial charge in [-0.05, 0) is 76.0 Å². The number of ether oxygens (including phenoxy) is 1. The maximum atomic E-state index is 13.6. The second kappa shape index (κ2) is 13.0. The Bertz CT molecular complexity index is 1620. The Hall–Kier alpha value is -3.87. The molecule has 42 heavy (non-hydrogen) atoms. The van der Waals surface area contributed by atoms with Crippen LogP contribution in [0.15, 0.2) is 47.4 Å². The highest BCUT2D eigenvalue weighted by atomic mass is 32.2. The van der Waals surface area contributed by atoms with E-state index in [0.29, 0.717) is 22.6 Å². The first-order valence-electron chi connectivity index (χ1n) is 13.5. The van der Waals surface area contributed by atoms with Gasteiger partial charge in [0, 0.05) is 35.5 Å². The van der Waals surface area contributed by atoms with Crippen molar-refractivity contribution in [2.75, 3.05) is 44.3 Å². The van der Waals surface area contributed by atoms with Gasteiger partial charge in [-0.15, -0.1) is 0 Å². The van der Waals surface area contributed by atoms with Crippen LogP contribution in [0.25, 0.3) is 15.7 Å². The first-order chi connectivity index (χ1) is 19.9. The molecular weight excluding hydrogens is 567 g/mol. The zero-order valence-corrected chi connectivity index (χ0v) is 24.6. The molecular formula is C30H34F3N5O3S. The highest BCUT2D eigenvalue weighted by molar-refractivity contribution is 7.90. The second-order valence-electron chi connectivity index (χ2n) is 10.6. The SMILES string of the molecule is [C-]#[N+]COc1cc(S(C)(=O)=O)ccc1NCC#Cc1cc2c(NC3CCC(N(C)C)CC3)cccc2n1CC(F)(F)F. The van der Waals surface area contributed by atoms with Crippen LogP contribution in [-0.4, -0.2) is 69.8 Å². The monoisotopic (exact) mass is 601 g/mol. The number of benzene rings is 2. The fraction of sp³-hybridized carbons (Fsp3) is 0.433. The Balaban J connectivity index is 1.58. The van der Waals surface area contributed by atoms with E-state index >= 15 is 0 Å². The van der Waals surface area contributed by atoms with Crippen molar-refractivity contribution in [3.63, 3.8) is 0 Å². The summed E-state index contributed by atoms with van der Waals surface area (Å²) >= 11 is 0. The van der Waals surface area contributed by atoms with Crippen molar-refractivity contribution in [3.05, 3.63) is 59.6 Å². The molecule has 224 valence electrons. The van der Waals surface area contributed by atoms with E-state index in [4.69, 9.17) is 11.3 Å². The third-order valence-electron chi connectivity index (χ3n) is 7.32. The molecule has 12 heteroatoms. The van der Waals surface area contributed by atoms with Gasteiger partial charge in [-0.25, -0.2) is 15.0 Å². The van der Waals surface area contributed by atoms with E-state index in [0.717, 1.165) is 37.6 Å². The predicted octanol–water partition coefficient (Wildman–Crippen LogP) is 5.61. The molecule has 2 aromatic carbocycles. The zero-order chi connectivity index (χ0) is 30.5. The number of rotatable bonds is 9. The molecule has 0 atom stereocenters. The van der Waals surface area contributed by atoms with E-state index in [1.807, 2.05) is 6.07 Å². The minimum absolute atomic E-state index is 0.0333. The maximum Gasteiger partial charge on any atom is 0.406 e. The summed E-state index contributed by atoms with van der Waals surface area (Å²) in [6, 6.07) is 12.0. The van der Waals surface area contributed by atoms with Crippen LogP contribution in [0, 0.1) is 18.4 Å². The molecule has 0 radical (unpaired) electrons. The summed E-state index contributed by atoms with van der Waals surface area (Å²) in [4.78, 5) is 5.40. The van der Waals surface area contributed by atoms with Crippen molar-refractivity contribution in [1.82, 2.24) is 9.47 Å². The highest BCUT2D eigenvalue weighted by Crippen LogP contribution is 2.33. The summed E-state index contributed by atoms with van der Waals surface area (Å²) in [7, 11) is 0.667. The van der Waals surface area contributed by atoms with Crippen LogP contribution in [-0.2, 0) is 16.4 Å². The van der Waals surface area contributed by atoms with E-state index < -0.39 is 22.6 Å². The molecule has 2 N–H and O–H groups in total. The van der Waals surface area contributed by atoms with Crippen LogP contribution in [0.3, 0.4) is 0 Å². The van der Waals surface area contributed by atoms with Gasteiger partial charge in [0.05, 0.1) is 28.3 Å². The molecule has 0 saturated heterocycles. The number of nitrogens with zero attached hydrogens (tertiary/aromatic N) is 3. The molecule has 1 aliphatic rings. The largest absolute Gasteiger partial charge is 0.424 e. The van der Waals surface area contributed by atoms with Crippen molar-refractivity contribution in [1.29, 1.82) is 0 Å². The Morgan fingerprint density at radius 1 is 1.12 bits per heavy atom. The molecule has 8 nitrogen and oxygen atoms in total. The summed E-state index contributed by atoms with van der Waals surface area (Å²) in [6.07, 6.45) is 0.699. The Labute approximate surface area is 244 Å². The zero-order valence-electron chi connectivity index (χ0n) is 23.8. The van der Waals surface area contributed by atoms with Gasteiger partial charge in [0.15, 0.2) is 15.6 Å². The van der Waals surface area contributed by atoms with Crippen LogP contribution < -0.4 is 15.4 Å². The molecule has 0 spiro atoms. The number of hydrogen-bond donors (Lipinski definition) is 2. The summed E-state index contributed by atoms with van der Waals surface area (Å²) in [5, 5.41) is 7.25.